The number of rotatable bonds is 7. The Morgan fingerprint density at radius 1 is 1.32 bits per heavy atom. The van der Waals surface area contributed by atoms with Gasteiger partial charge in [0.25, 0.3) is 0 Å². The summed E-state index contributed by atoms with van der Waals surface area (Å²) in [6.45, 7) is 0. The monoisotopic (exact) mass is 356 g/mol. The van der Waals surface area contributed by atoms with Gasteiger partial charge in [-0.05, 0) is 40.9 Å². The minimum absolute atomic E-state index is 0.0921. The highest BCUT2D eigenvalue weighted by Crippen LogP contribution is 2.28. The minimum atomic E-state index is -4.09. The number of nitrogens with one attached hydrogen (secondary N) is 1. The van der Waals surface area contributed by atoms with Crippen molar-refractivity contribution in [2.24, 2.45) is 5.84 Å². The molecule has 0 aliphatic carbocycles. The first-order chi connectivity index (χ1) is 8.92. The van der Waals surface area contributed by atoms with E-state index >= 15 is 0 Å². The number of halogens is 4. The first-order valence-corrected chi connectivity index (χ1v) is 7.60. The minimum Gasteiger partial charge on any atom is -0.271 e. The Labute approximate surface area is 123 Å². The summed E-state index contributed by atoms with van der Waals surface area (Å²) in [6.07, 6.45) is -4.35. The number of nitrogens with two attached hydrogens (primary N) is 1. The molecule has 0 aliphatic heterocycles. The molecule has 1 aromatic rings. The van der Waals surface area contributed by atoms with Crippen molar-refractivity contribution < 1.29 is 13.2 Å². The molecule has 0 saturated carbocycles. The van der Waals surface area contributed by atoms with Crippen LogP contribution < -0.4 is 11.3 Å². The van der Waals surface area contributed by atoms with Crippen LogP contribution in [0.5, 0.6) is 0 Å². The highest BCUT2D eigenvalue weighted by Gasteiger charge is 2.26. The van der Waals surface area contributed by atoms with Crippen molar-refractivity contribution >= 4 is 27.7 Å². The van der Waals surface area contributed by atoms with E-state index in [2.05, 4.69) is 21.4 Å². The van der Waals surface area contributed by atoms with Crippen LogP contribution in [-0.2, 0) is 0 Å². The third kappa shape index (κ3) is 7.20. The fourth-order valence-corrected chi connectivity index (χ4v) is 3.17. The Balaban J connectivity index is 2.35. The average Bonchev–Trinajstić information content (AvgIpc) is 2.34. The summed E-state index contributed by atoms with van der Waals surface area (Å²) in [5.41, 5.74) is 2.57. The molecule has 19 heavy (non-hydrogen) atoms. The quantitative estimate of drug-likeness (QED) is 0.438. The van der Waals surface area contributed by atoms with E-state index in [9.17, 15) is 13.2 Å². The summed E-state index contributed by atoms with van der Waals surface area (Å²) in [5.74, 6) is 6.00. The summed E-state index contributed by atoms with van der Waals surface area (Å²) >= 11 is 4.99. The standard InChI is InChI=1S/C12H16BrF3N2S/c13-10-5-1-2-6-11(10)19-8-9(18-17)4-3-7-12(14,15)16/h1-2,5-6,9,18H,3-4,7-8,17H2. The van der Waals surface area contributed by atoms with E-state index < -0.39 is 12.6 Å². The van der Waals surface area contributed by atoms with Gasteiger partial charge in [-0.25, -0.2) is 0 Å². The molecule has 108 valence electrons. The van der Waals surface area contributed by atoms with Crippen LogP contribution in [0.3, 0.4) is 0 Å². The zero-order chi connectivity index (χ0) is 14.3. The van der Waals surface area contributed by atoms with Crippen LogP contribution >= 0.6 is 27.7 Å². The molecule has 2 nitrogen and oxygen atoms in total. The van der Waals surface area contributed by atoms with Gasteiger partial charge in [0, 0.05) is 27.6 Å². The maximum absolute atomic E-state index is 12.1. The van der Waals surface area contributed by atoms with Crippen molar-refractivity contribution in [3.05, 3.63) is 28.7 Å². The lowest BCUT2D eigenvalue weighted by Crippen LogP contribution is -2.37. The summed E-state index contributed by atoms with van der Waals surface area (Å²) in [7, 11) is 0. The highest BCUT2D eigenvalue weighted by atomic mass is 79.9. The van der Waals surface area contributed by atoms with Gasteiger partial charge in [-0.3, -0.25) is 11.3 Å². The fourth-order valence-electron chi connectivity index (χ4n) is 1.52. The first kappa shape index (κ1) is 16.8. The largest absolute Gasteiger partial charge is 0.389 e. The van der Waals surface area contributed by atoms with E-state index in [4.69, 9.17) is 5.84 Å². The van der Waals surface area contributed by atoms with E-state index in [1.165, 1.54) is 0 Å². The van der Waals surface area contributed by atoms with Crippen LogP contribution in [0.25, 0.3) is 0 Å². The third-order valence-corrected chi connectivity index (χ3v) is 4.72. The van der Waals surface area contributed by atoms with Crippen LogP contribution in [-0.4, -0.2) is 18.0 Å². The molecule has 0 heterocycles. The van der Waals surface area contributed by atoms with Crippen molar-refractivity contribution in [2.75, 3.05) is 5.75 Å². The molecule has 0 spiro atoms. The van der Waals surface area contributed by atoms with Crippen molar-refractivity contribution in [1.29, 1.82) is 0 Å². The van der Waals surface area contributed by atoms with Gasteiger partial charge in [-0.1, -0.05) is 12.1 Å². The SMILES string of the molecule is NNC(CCCC(F)(F)F)CSc1ccccc1Br. The number of alkyl halides is 3. The van der Waals surface area contributed by atoms with E-state index in [-0.39, 0.29) is 12.5 Å². The molecule has 0 bridgehead atoms. The molecule has 1 rings (SSSR count). The maximum Gasteiger partial charge on any atom is 0.389 e. The van der Waals surface area contributed by atoms with Crippen LogP contribution in [0.2, 0.25) is 0 Å². The lowest BCUT2D eigenvalue weighted by Gasteiger charge is -2.16. The molecule has 7 heteroatoms. The highest BCUT2D eigenvalue weighted by molar-refractivity contribution is 9.10. The van der Waals surface area contributed by atoms with Crippen LogP contribution in [0, 0.1) is 0 Å². The van der Waals surface area contributed by atoms with Gasteiger partial charge in [0.15, 0.2) is 0 Å². The van der Waals surface area contributed by atoms with Gasteiger partial charge in [0.1, 0.15) is 0 Å². The molecule has 0 aromatic heterocycles. The van der Waals surface area contributed by atoms with E-state index in [0.717, 1.165) is 9.37 Å². The number of hydrogen-bond donors (Lipinski definition) is 2. The lowest BCUT2D eigenvalue weighted by molar-refractivity contribution is -0.135. The summed E-state index contributed by atoms with van der Waals surface area (Å²) in [6, 6.07) is 7.59. The molecule has 0 aliphatic rings. The molecular formula is C12H16BrF3N2S. The average molecular weight is 357 g/mol. The molecule has 1 unspecified atom stereocenters. The smallest absolute Gasteiger partial charge is 0.271 e. The maximum atomic E-state index is 12.1. The molecule has 0 fully saturated rings. The second-order valence-electron chi connectivity index (χ2n) is 4.11. The fraction of sp³-hybridized carbons (Fsp3) is 0.500. The molecule has 0 amide bonds. The Hall–Kier alpha value is -0.240. The van der Waals surface area contributed by atoms with Gasteiger partial charge in [0.05, 0.1) is 0 Å². The Morgan fingerprint density at radius 3 is 2.58 bits per heavy atom. The molecule has 1 atom stereocenters. The summed E-state index contributed by atoms with van der Waals surface area (Å²) < 4.78 is 37.1. The van der Waals surface area contributed by atoms with Crippen molar-refractivity contribution in [1.82, 2.24) is 5.43 Å². The van der Waals surface area contributed by atoms with Gasteiger partial charge < -0.3 is 0 Å². The lowest BCUT2D eigenvalue weighted by atomic mass is 10.1. The normalized spacial score (nSPS) is 13.5. The predicted molar refractivity (Wildman–Crippen MR) is 75.9 cm³/mol. The molecule has 0 radical (unpaired) electrons. The second kappa shape index (κ2) is 8.14. The predicted octanol–water partition coefficient (Wildman–Crippen LogP) is 4.11. The Kier molecular flexibility index (Phi) is 7.20. The van der Waals surface area contributed by atoms with Crippen molar-refractivity contribution in [2.45, 2.75) is 36.4 Å². The van der Waals surface area contributed by atoms with Crippen LogP contribution in [0.1, 0.15) is 19.3 Å². The van der Waals surface area contributed by atoms with Crippen molar-refractivity contribution in [3.63, 3.8) is 0 Å². The van der Waals surface area contributed by atoms with E-state index in [1.807, 2.05) is 24.3 Å². The van der Waals surface area contributed by atoms with Gasteiger partial charge >= 0.3 is 6.18 Å². The molecular weight excluding hydrogens is 341 g/mol. The number of benzene rings is 1. The molecule has 1 aromatic carbocycles. The summed E-state index contributed by atoms with van der Waals surface area (Å²) in [4.78, 5) is 1.05. The van der Waals surface area contributed by atoms with Crippen LogP contribution in [0.15, 0.2) is 33.6 Å². The van der Waals surface area contributed by atoms with Crippen molar-refractivity contribution in [3.8, 4) is 0 Å². The van der Waals surface area contributed by atoms with Gasteiger partial charge in [-0.2, -0.15) is 13.2 Å². The Morgan fingerprint density at radius 2 is 2.00 bits per heavy atom. The number of thioether (sulfide) groups is 1. The molecule has 3 N–H and O–H groups in total. The third-order valence-electron chi connectivity index (χ3n) is 2.53. The zero-order valence-electron chi connectivity index (χ0n) is 10.2. The number of hydrazine groups is 1. The van der Waals surface area contributed by atoms with Crippen LogP contribution in [0.4, 0.5) is 13.2 Å². The number of hydrogen-bond acceptors (Lipinski definition) is 3. The Bertz CT molecular complexity index is 387. The second-order valence-corrected chi connectivity index (χ2v) is 6.03. The van der Waals surface area contributed by atoms with E-state index in [1.54, 1.807) is 11.8 Å². The first-order valence-electron chi connectivity index (χ1n) is 5.82. The van der Waals surface area contributed by atoms with Gasteiger partial charge in [-0.15, -0.1) is 11.8 Å². The zero-order valence-corrected chi connectivity index (χ0v) is 12.6. The van der Waals surface area contributed by atoms with Gasteiger partial charge in [0.2, 0.25) is 0 Å². The topological polar surface area (TPSA) is 38.0 Å². The molecule has 0 saturated heterocycles. The van der Waals surface area contributed by atoms with E-state index in [0.29, 0.717) is 12.2 Å². The summed E-state index contributed by atoms with van der Waals surface area (Å²) in [5, 5.41) is 0.